The summed E-state index contributed by atoms with van der Waals surface area (Å²) in [5.74, 6) is 0.540. The highest BCUT2D eigenvalue weighted by molar-refractivity contribution is 5.68. The number of methoxy groups -OCH3 is 1. The summed E-state index contributed by atoms with van der Waals surface area (Å²) in [7, 11) is 1.40. The van der Waals surface area contributed by atoms with Crippen molar-refractivity contribution >= 4 is 17.6 Å². The van der Waals surface area contributed by atoms with Crippen molar-refractivity contribution in [3.8, 4) is 5.75 Å². The van der Waals surface area contributed by atoms with Gasteiger partial charge >= 0.3 is 18.0 Å². The maximum absolute atomic E-state index is 13.0. The third kappa shape index (κ3) is 6.63. The molecule has 4 rings (SSSR count). The fourth-order valence-corrected chi connectivity index (χ4v) is 4.91. The van der Waals surface area contributed by atoms with Crippen LogP contribution in [-0.4, -0.2) is 78.8 Å². The Labute approximate surface area is 218 Å². The van der Waals surface area contributed by atoms with Gasteiger partial charge in [0.05, 0.1) is 24.2 Å². The number of ether oxygens (including phenoxy) is 2. The third-order valence-corrected chi connectivity index (χ3v) is 6.86. The van der Waals surface area contributed by atoms with E-state index in [-0.39, 0.29) is 29.8 Å². The molecule has 2 fully saturated rings. The van der Waals surface area contributed by atoms with Crippen LogP contribution >= 0.6 is 0 Å². The molecule has 206 valence electrons. The number of hydrogen-bond donors (Lipinski definition) is 0. The number of piperazine rings is 1. The van der Waals surface area contributed by atoms with Crippen LogP contribution < -0.4 is 9.64 Å². The van der Waals surface area contributed by atoms with E-state index in [0.717, 1.165) is 37.7 Å². The van der Waals surface area contributed by atoms with Crippen LogP contribution in [0.2, 0.25) is 0 Å². The van der Waals surface area contributed by atoms with E-state index in [2.05, 4.69) is 9.88 Å². The lowest BCUT2D eigenvalue weighted by atomic mass is 9.98. The second kappa shape index (κ2) is 11.8. The molecule has 2 saturated heterocycles. The molecule has 38 heavy (non-hydrogen) atoms. The number of pyridine rings is 1. The Morgan fingerprint density at radius 3 is 2.63 bits per heavy atom. The van der Waals surface area contributed by atoms with Crippen molar-refractivity contribution in [1.29, 1.82) is 0 Å². The first kappa shape index (κ1) is 27.4. The Morgan fingerprint density at radius 2 is 1.95 bits per heavy atom. The summed E-state index contributed by atoms with van der Waals surface area (Å²) in [6.45, 7) is 3.36. The van der Waals surface area contributed by atoms with Gasteiger partial charge in [-0.25, -0.2) is 9.78 Å². The average molecular weight is 538 g/mol. The molecule has 0 saturated carbocycles. The van der Waals surface area contributed by atoms with Crippen molar-refractivity contribution in [2.45, 2.75) is 25.6 Å². The normalized spacial score (nSPS) is 18.8. The summed E-state index contributed by atoms with van der Waals surface area (Å²) in [6.07, 6.45) is -2.01. The van der Waals surface area contributed by atoms with E-state index in [9.17, 15) is 28.1 Å². The molecule has 0 spiro atoms. The summed E-state index contributed by atoms with van der Waals surface area (Å²) in [5, 5.41) is 11.6. The highest BCUT2D eigenvalue weighted by Gasteiger charge is 2.32. The topological polar surface area (TPSA) is 101 Å². The summed E-state index contributed by atoms with van der Waals surface area (Å²) in [6, 6.07) is 6.96. The summed E-state index contributed by atoms with van der Waals surface area (Å²) < 4.78 is 49.7. The molecule has 1 unspecified atom stereocenters. The summed E-state index contributed by atoms with van der Waals surface area (Å²) >= 11 is 0. The fourth-order valence-electron chi connectivity index (χ4n) is 4.91. The number of anilines is 1. The number of hydrogen-bond acceptors (Lipinski definition) is 8. The van der Waals surface area contributed by atoms with Gasteiger partial charge in [0.1, 0.15) is 5.82 Å². The fraction of sp³-hybridized carbons (Fsp3) is 0.520. The molecule has 2 aliphatic rings. The zero-order valence-electron chi connectivity index (χ0n) is 21.0. The maximum Gasteiger partial charge on any atom is 0.416 e. The molecule has 13 heteroatoms. The highest BCUT2D eigenvalue weighted by Crippen LogP contribution is 2.33. The Kier molecular flexibility index (Phi) is 8.55. The van der Waals surface area contributed by atoms with E-state index in [0.29, 0.717) is 44.8 Å². The van der Waals surface area contributed by atoms with Crippen LogP contribution in [0.1, 0.15) is 24.0 Å². The van der Waals surface area contributed by atoms with E-state index in [1.807, 2.05) is 0 Å². The number of carbonyl (C=O) groups is 1. The lowest BCUT2D eigenvalue weighted by molar-refractivity contribution is -0.386. The van der Waals surface area contributed by atoms with Crippen molar-refractivity contribution in [3.05, 3.63) is 57.8 Å². The number of para-hydroxylation sites is 1. The molecule has 3 heterocycles. The molecule has 1 aromatic carbocycles. The predicted octanol–water partition coefficient (Wildman–Crippen LogP) is 4.19. The smallest absolute Gasteiger partial charge is 0.416 e. The van der Waals surface area contributed by atoms with E-state index in [4.69, 9.17) is 9.47 Å². The number of nitro groups is 1. The third-order valence-electron chi connectivity index (χ3n) is 6.86. The lowest BCUT2D eigenvalue weighted by Gasteiger charge is -2.36. The number of alkyl halides is 3. The van der Waals surface area contributed by atoms with Gasteiger partial charge in [-0.3, -0.25) is 15.0 Å². The lowest BCUT2D eigenvalue weighted by Crippen LogP contribution is -2.49. The van der Waals surface area contributed by atoms with Crippen LogP contribution in [0.5, 0.6) is 5.75 Å². The second-order valence-corrected chi connectivity index (χ2v) is 9.42. The number of halogens is 3. The van der Waals surface area contributed by atoms with Gasteiger partial charge in [0.2, 0.25) is 0 Å². The molecule has 2 aliphatic heterocycles. The number of aromatic nitrogens is 1. The molecule has 0 N–H and O–H groups in total. The van der Waals surface area contributed by atoms with Crippen molar-refractivity contribution in [3.63, 3.8) is 0 Å². The predicted molar refractivity (Wildman–Crippen MR) is 132 cm³/mol. The van der Waals surface area contributed by atoms with Gasteiger partial charge in [-0.05, 0) is 37.6 Å². The van der Waals surface area contributed by atoms with E-state index < -0.39 is 22.8 Å². The van der Waals surface area contributed by atoms with Gasteiger partial charge in [-0.2, -0.15) is 13.2 Å². The minimum Gasteiger partial charge on any atom is -0.490 e. The molecule has 10 nitrogen and oxygen atoms in total. The van der Waals surface area contributed by atoms with Gasteiger partial charge in [0.25, 0.3) is 0 Å². The second-order valence-electron chi connectivity index (χ2n) is 9.42. The number of likely N-dealkylation sites (tertiary alicyclic amines) is 1. The molecule has 2 aromatic rings. The van der Waals surface area contributed by atoms with Gasteiger partial charge < -0.3 is 19.3 Å². The van der Waals surface area contributed by atoms with Crippen molar-refractivity contribution < 1.29 is 32.4 Å². The maximum atomic E-state index is 13.0. The zero-order chi connectivity index (χ0) is 27.3. The van der Waals surface area contributed by atoms with Crippen LogP contribution in [0.3, 0.4) is 0 Å². The van der Waals surface area contributed by atoms with Crippen LogP contribution in [0.25, 0.3) is 0 Å². The average Bonchev–Trinajstić information content (AvgIpc) is 2.91. The van der Waals surface area contributed by atoms with E-state index in [1.165, 1.54) is 7.11 Å². The Morgan fingerprint density at radius 1 is 1.18 bits per heavy atom. The molecule has 1 aromatic heterocycles. The molecular weight excluding hydrogens is 507 g/mol. The van der Waals surface area contributed by atoms with Crippen LogP contribution in [0, 0.1) is 16.0 Å². The Bertz CT molecular complexity index is 1140. The highest BCUT2D eigenvalue weighted by atomic mass is 19.4. The van der Waals surface area contributed by atoms with Crippen LogP contribution in [-0.2, 0) is 17.5 Å². The standard InChI is InChI=1S/C25H30F3N5O5/c1-37-21-6-2-5-19(23(21)33(35)36)16-30-9-3-4-18(15-30)17-38-24(34)32-12-10-31(11-13-32)22-14-20(7-8-29-22)25(26,27)28/h2,5-8,14,18H,3-4,9-13,15-17H2,1H3. The zero-order valence-corrected chi connectivity index (χ0v) is 21.0. The van der Waals surface area contributed by atoms with Gasteiger partial charge in [0.15, 0.2) is 5.75 Å². The SMILES string of the molecule is COc1cccc(CN2CCCC(COC(=O)N3CCN(c4cc(C(F)(F)F)ccn4)CC3)C2)c1[N+](=O)[O-]. The van der Waals surface area contributed by atoms with Crippen molar-refractivity contribution in [2.75, 3.05) is 57.9 Å². The van der Waals surface area contributed by atoms with E-state index >= 15 is 0 Å². The van der Waals surface area contributed by atoms with Crippen LogP contribution in [0.4, 0.5) is 29.5 Å². The first-order chi connectivity index (χ1) is 18.2. The van der Waals surface area contributed by atoms with E-state index in [1.54, 1.807) is 28.0 Å². The van der Waals surface area contributed by atoms with Gasteiger partial charge in [0, 0.05) is 56.9 Å². The van der Waals surface area contributed by atoms with Crippen molar-refractivity contribution in [2.24, 2.45) is 5.92 Å². The minimum absolute atomic E-state index is 0.0389. The number of benzene rings is 1. The number of amides is 1. The number of rotatable bonds is 7. The Balaban J connectivity index is 1.26. The molecule has 1 amide bonds. The number of carbonyl (C=O) groups excluding carboxylic acids is 1. The number of nitro benzene ring substituents is 1. The minimum atomic E-state index is -4.44. The van der Waals surface area contributed by atoms with Crippen LogP contribution in [0.15, 0.2) is 36.5 Å². The summed E-state index contributed by atoms with van der Waals surface area (Å²) in [5.41, 5.74) is -0.227. The first-order valence-corrected chi connectivity index (χ1v) is 12.4. The molecule has 0 radical (unpaired) electrons. The summed E-state index contributed by atoms with van der Waals surface area (Å²) in [4.78, 5) is 33.2. The molecule has 1 atom stereocenters. The largest absolute Gasteiger partial charge is 0.490 e. The molecule has 0 aliphatic carbocycles. The van der Waals surface area contributed by atoms with Gasteiger partial charge in [-0.1, -0.05) is 12.1 Å². The Hall–Kier alpha value is -3.61. The number of nitrogens with zero attached hydrogens (tertiary/aromatic N) is 5. The molecule has 0 bridgehead atoms. The van der Waals surface area contributed by atoms with Crippen molar-refractivity contribution in [1.82, 2.24) is 14.8 Å². The first-order valence-electron chi connectivity index (χ1n) is 12.4. The molecular formula is C25H30F3N5O5. The monoisotopic (exact) mass is 537 g/mol. The number of piperidine rings is 1. The quantitative estimate of drug-likeness (QED) is 0.383. The van der Waals surface area contributed by atoms with Gasteiger partial charge in [-0.15, -0.1) is 0 Å².